The molecule has 122 valence electrons. The molecule has 0 N–H and O–H groups in total. The van der Waals surface area contributed by atoms with Crippen molar-refractivity contribution < 1.29 is 28.6 Å². The Kier molecular flexibility index (Phi) is 4.95. The average Bonchev–Trinajstić information content (AvgIpc) is 2.37. The van der Waals surface area contributed by atoms with Crippen molar-refractivity contribution in [1.29, 1.82) is 0 Å². The van der Waals surface area contributed by atoms with Crippen LogP contribution in [-0.4, -0.2) is 23.7 Å². The van der Waals surface area contributed by atoms with Gasteiger partial charge in [-0.2, -0.15) is 0 Å². The fourth-order valence-electron chi connectivity index (χ4n) is 1.85. The van der Waals surface area contributed by atoms with Crippen LogP contribution in [0.15, 0.2) is 26.7 Å². The highest BCUT2D eigenvalue weighted by Gasteiger charge is 2.38. The van der Waals surface area contributed by atoms with Crippen LogP contribution in [0, 0.1) is 0 Å². The van der Waals surface area contributed by atoms with E-state index in [0.717, 1.165) is 0 Å². The number of rotatable bonds is 2. The van der Waals surface area contributed by atoms with Crippen LogP contribution in [-0.2, 0) is 23.9 Å². The summed E-state index contributed by atoms with van der Waals surface area (Å²) >= 11 is 6.54. The maximum atomic E-state index is 11.9. The molecule has 1 saturated heterocycles. The highest BCUT2D eigenvalue weighted by molar-refractivity contribution is 9.11. The molecule has 1 aromatic rings. The van der Waals surface area contributed by atoms with Gasteiger partial charge in [0, 0.05) is 20.8 Å². The molecule has 1 heterocycles. The van der Waals surface area contributed by atoms with Crippen molar-refractivity contribution in [2.24, 2.45) is 0 Å². The number of ether oxygens (including phenoxy) is 3. The maximum Gasteiger partial charge on any atom is 0.348 e. The van der Waals surface area contributed by atoms with Crippen molar-refractivity contribution >= 4 is 55.8 Å². The Morgan fingerprint density at radius 2 is 1.61 bits per heavy atom. The third kappa shape index (κ3) is 4.20. The van der Waals surface area contributed by atoms with E-state index in [-0.39, 0.29) is 5.57 Å². The van der Waals surface area contributed by atoms with Gasteiger partial charge in [0.25, 0.3) is 5.79 Å². The Hall–Kier alpha value is -1.67. The van der Waals surface area contributed by atoms with Gasteiger partial charge in [0.2, 0.25) is 0 Å². The first-order valence-corrected chi connectivity index (χ1v) is 8.03. The number of carbonyl (C=O) groups excluding carboxylic acids is 3. The third-order valence-electron chi connectivity index (χ3n) is 2.69. The van der Waals surface area contributed by atoms with E-state index in [1.54, 1.807) is 12.1 Å². The van der Waals surface area contributed by atoms with E-state index in [9.17, 15) is 14.4 Å². The third-order valence-corrected chi connectivity index (χ3v) is 3.87. The maximum absolute atomic E-state index is 11.9. The second-order valence-corrected chi connectivity index (χ2v) is 6.85. The lowest BCUT2D eigenvalue weighted by molar-refractivity contribution is -0.222. The van der Waals surface area contributed by atoms with E-state index in [1.165, 1.54) is 26.8 Å². The summed E-state index contributed by atoms with van der Waals surface area (Å²) in [5.41, 5.74) is 0.298. The summed E-state index contributed by atoms with van der Waals surface area (Å²) in [6.45, 7) is 4.23. The summed E-state index contributed by atoms with van der Waals surface area (Å²) in [6.07, 6.45) is 1.34. The lowest BCUT2D eigenvalue weighted by Crippen LogP contribution is -2.41. The van der Waals surface area contributed by atoms with Gasteiger partial charge in [-0.1, -0.05) is 0 Å². The van der Waals surface area contributed by atoms with E-state index in [0.29, 0.717) is 20.3 Å². The number of carbonyl (C=O) groups is 3. The molecular formula is C15H12Br2O6. The molecule has 0 bridgehead atoms. The van der Waals surface area contributed by atoms with Crippen LogP contribution < -0.4 is 4.74 Å². The summed E-state index contributed by atoms with van der Waals surface area (Å²) in [6, 6.07) is 3.19. The second-order valence-electron chi connectivity index (χ2n) is 5.14. The monoisotopic (exact) mass is 446 g/mol. The Balaban J connectivity index is 2.38. The minimum Gasteiger partial charge on any atom is -0.424 e. The van der Waals surface area contributed by atoms with Crippen LogP contribution in [0.5, 0.6) is 5.75 Å². The molecule has 1 aliphatic rings. The van der Waals surface area contributed by atoms with Crippen molar-refractivity contribution in [2.45, 2.75) is 26.6 Å². The van der Waals surface area contributed by atoms with Gasteiger partial charge in [0.1, 0.15) is 5.57 Å². The topological polar surface area (TPSA) is 78.9 Å². The fourth-order valence-corrected chi connectivity index (χ4v) is 3.23. The van der Waals surface area contributed by atoms with E-state index >= 15 is 0 Å². The first kappa shape index (κ1) is 17.7. The highest BCUT2D eigenvalue weighted by Crippen LogP contribution is 2.36. The van der Waals surface area contributed by atoms with Gasteiger partial charge in [-0.15, -0.1) is 0 Å². The summed E-state index contributed by atoms with van der Waals surface area (Å²) < 4.78 is 16.1. The molecule has 1 aromatic carbocycles. The van der Waals surface area contributed by atoms with Crippen LogP contribution >= 0.6 is 31.9 Å². The molecule has 0 saturated carbocycles. The van der Waals surface area contributed by atoms with Gasteiger partial charge < -0.3 is 14.2 Å². The molecule has 1 aliphatic heterocycles. The minimum absolute atomic E-state index is 0.219. The molecule has 0 amide bonds. The number of halogens is 2. The Labute approximate surface area is 149 Å². The molecule has 0 unspecified atom stereocenters. The van der Waals surface area contributed by atoms with E-state index in [2.05, 4.69) is 31.9 Å². The average molecular weight is 448 g/mol. The van der Waals surface area contributed by atoms with Crippen molar-refractivity contribution in [3.05, 3.63) is 32.2 Å². The molecule has 23 heavy (non-hydrogen) atoms. The molecule has 0 aromatic heterocycles. The molecule has 2 rings (SSSR count). The van der Waals surface area contributed by atoms with E-state index in [1.807, 2.05) is 0 Å². The normalized spacial score (nSPS) is 16.5. The number of esters is 3. The smallest absolute Gasteiger partial charge is 0.348 e. The Bertz CT molecular complexity index is 690. The summed E-state index contributed by atoms with van der Waals surface area (Å²) in [7, 11) is 0. The fraction of sp³-hybridized carbons (Fsp3) is 0.267. The van der Waals surface area contributed by atoms with Gasteiger partial charge in [0.15, 0.2) is 5.75 Å². The summed E-state index contributed by atoms with van der Waals surface area (Å²) in [4.78, 5) is 34.9. The quantitative estimate of drug-likeness (QED) is 0.299. The predicted molar refractivity (Wildman–Crippen MR) is 87.4 cm³/mol. The standard InChI is InChI=1S/C15H12Br2O6/c1-7(18)21-12-10(16)5-8(6-11(12)17)4-9-13(19)22-15(2,3)23-14(9)20/h4-6H,1-3H3. The van der Waals surface area contributed by atoms with Crippen molar-refractivity contribution in [3.8, 4) is 5.75 Å². The summed E-state index contributed by atoms with van der Waals surface area (Å²) in [5.74, 6) is -2.98. The van der Waals surface area contributed by atoms with Crippen LogP contribution in [0.3, 0.4) is 0 Å². The molecule has 0 atom stereocenters. The Morgan fingerprint density at radius 1 is 1.13 bits per heavy atom. The molecule has 0 spiro atoms. The predicted octanol–water partition coefficient (Wildman–Crippen LogP) is 3.36. The zero-order chi connectivity index (χ0) is 17.4. The molecular weight excluding hydrogens is 436 g/mol. The van der Waals surface area contributed by atoms with Gasteiger partial charge in [-0.25, -0.2) is 9.59 Å². The highest BCUT2D eigenvalue weighted by atomic mass is 79.9. The second kappa shape index (κ2) is 6.45. The molecule has 0 radical (unpaired) electrons. The van der Waals surface area contributed by atoms with Gasteiger partial charge in [-0.05, 0) is 55.6 Å². The lowest BCUT2D eigenvalue weighted by atomic mass is 10.1. The zero-order valence-corrected chi connectivity index (χ0v) is 15.6. The largest absolute Gasteiger partial charge is 0.424 e. The first-order chi connectivity index (χ1) is 10.6. The van der Waals surface area contributed by atoms with Gasteiger partial charge >= 0.3 is 17.9 Å². The van der Waals surface area contributed by atoms with Crippen molar-refractivity contribution in [1.82, 2.24) is 0 Å². The van der Waals surface area contributed by atoms with Gasteiger partial charge in [0.05, 0.1) is 8.95 Å². The summed E-state index contributed by atoms with van der Waals surface area (Å²) in [5, 5.41) is 0. The number of cyclic esters (lactones) is 2. The van der Waals surface area contributed by atoms with Crippen molar-refractivity contribution in [3.63, 3.8) is 0 Å². The van der Waals surface area contributed by atoms with E-state index < -0.39 is 23.7 Å². The minimum atomic E-state index is -1.29. The molecule has 0 aliphatic carbocycles. The number of hydrogen-bond donors (Lipinski definition) is 0. The Morgan fingerprint density at radius 3 is 2.04 bits per heavy atom. The van der Waals surface area contributed by atoms with Crippen LogP contribution in [0.2, 0.25) is 0 Å². The van der Waals surface area contributed by atoms with Crippen molar-refractivity contribution in [2.75, 3.05) is 0 Å². The molecule has 8 heteroatoms. The molecule has 6 nitrogen and oxygen atoms in total. The number of hydrogen-bond acceptors (Lipinski definition) is 6. The first-order valence-electron chi connectivity index (χ1n) is 6.45. The zero-order valence-electron chi connectivity index (χ0n) is 12.4. The van der Waals surface area contributed by atoms with E-state index in [4.69, 9.17) is 14.2 Å². The van der Waals surface area contributed by atoms with Crippen LogP contribution in [0.1, 0.15) is 26.3 Å². The van der Waals surface area contributed by atoms with Gasteiger partial charge in [-0.3, -0.25) is 4.79 Å². The molecule has 1 fully saturated rings. The lowest BCUT2D eigenvalue weighted by Gasteiger charge is -2.29. The number of benzene rings is 1. The van der Waals surface area contributed by atoms with Crippen LogP contribution in [0.25, 0.3) is 6.08 Å². The van der Waals surface area contributed by atoms with Crippen LogP contribution in [0.4, 0.5) is 0 Å². The SMILES string of the molecule is CC(=O)Oc1c(Br)cc(C=C2C(=O)OC(C)(C)OC2=O)cc1Br.